The Balaban J connectivity index is 2.53. The fraction of sp³-hybridized carbons (Fsp3) is 0.0769. The zero-order valence-corrected chi connectivity index (χ0v) is 12.1. The van der Waals surface area contributed by atoms with E-state index in [0.717, 1.165) is 6.07 Å². The molecule has 106 valence electrons. The molecule has 0 aromatic heterocycles. The average Bonchev–Trinajstić information content (AvgIpc) is 2.33. The lowest BCUT2D eigenvalue weighted by atomic mass is 10.2. The van der Waals surface area contributed by atoms with Crippen LogP contribution in [0, 0.1) is 12.7 Å². The second-order valence-electron chi connectivity index (χ2n) is 4.20. The third-order valence-electron chi connectivity index (χ3n) is 2.71. The monoisotopic (exact) mass is 314 g/mol. The summed E-state index contributed by atoms with van der Waals surface area (Å²) in [4.78, 5) is -0.0840. The first-order chi connectivity index (χ1) is 9.33. The summed E-state index contributed by atoms with van der Waals surface area (Å²) in [5.74, 6) is -0.756. The molecule has 20 heavy (non-hydrogen) atoms. The summed E-state index contributed by atoms with van der Waals surface area (Å²) >= 11 is 5.80. The van der Waals surface area contributed by atoms with Gasteiger partial charge in [-0.2, -0.15) is 0 Å². The van der Waals surface area contributed by atoms with Crippen molar-refractivity contribution in [1.29, 1.82) is 0 Å². The van der Waals surface area contributed by atoms with Crippen molar-refractivity contribution in [2.24, 2.45) is 0 Å². The van der Waals surface area contributed by atoms with Crippen molar-refractivity contribution >= 4 is 33.0 Å². The van der Waals surface area contributed by atoms with E-state index in [1.165, 1.54) is 18.2 Å². The fourth-order valence-electron chi connectivity index (χ4n) is 1.82. The minimum atomic E-state index is -4.02. The fourth-order valence-corrected chi connectivity index (χ4v) is 3.54. The molecule has 0 amide bonds. The number of rotatable bonds is 3. The molecule has 0 heterocycles. The van der Waals surface area contributed by atoms with Crippen LogP contribution in [0.4, 0.5) is 15.8 Å². The first kappa shape index (κ1) is 14.6. The van der Waals surface area contributed by atoms with Crippen molar-refractivity contribution in [3.8, 4) is 0 Å². The van der Waals surface area contributed by atoms with E-state index in [1.54, 1.807) is 19.1 Å². The first-order valence-electron chi connectivity index (χ1n) is 5.65. The standard InChI is InChI=1S/C13H12ClFN2O2S/c1-8-4-2-7-11(16)13(8)20(18,19)17-12-9(14)5-3-6-10(12)15/h2-7,17H,16H2,1H3. The number of para-hydroxylation sites is 1. The molecule has 0 aliphatic heterocycles. The number of hydrogen-bond acceptors (Lipinski definition) is 3. The van der Waals surface area contributed by atoms with E-state index in [2.05, 4.69) is 4.72 Å². The van der Waals surface area contributed by atoms with Crippen LogP contribution in [0.2, 0.25) is 5.02 Å². The lowest BCUT2D eigenvalue weighted by Crippen LogP contribution is -2.17. The predicted molar refractivity (Wildman–Crippen MR) is 77.8 cm³/mol. The highest BCUT2D eigenvalue weighted by molar-refractivity contribution is 7.93. The van der Waals surface area contributed by atoms with E-state index in [-0.39, 0.29) is 21.3 Å². The second-order valence-corrected chi connectivity index (χ2v) is 6.22. The molecule has 0 aliphatic carbocycles. The Kier molecular flexibility index (Phi) is 3.87. The number of nitrogens with two attached hydrogens (primary N) is 1. The lowest BCUT2D eigenvalue weighted by molar-refractivity contribution is 0.598. The quantitative estimate of drug-likeness (QED) is 0.855. The summed E-state index contributed by atoms with van der Waals surface area (Å²) < 4.78 is 40.5. The van der Waals surface area contributed by atoms with Gasteiger partial charge >= 0.3 is 0 Å². The van der Waals surface area contributed by atoms with Crippen LogP contribution in [0.1, 0.15) is 5.56 Å². The van der Waals surface area contributed by atoms with E-state index in [1.807, 2.05) is 0 Å². The van der Waals surface area contributed by atoms with Gasteiger partial charge in [0.05, 0.1) is 10.7 Å². The Labute approximate surface area is 121 Å². The second kappa shape index (κ2) is 5.30. The minimum absolute atomic E-state index is 0.0271. The third-order valence-corrected chi connectivity index (χ3v) is 4.59. The van der Waals surface area contributed by atoms with Crippen molar-refractivity contribution < 1.29 is 12.8 Å². The highest BCUT2D eigenvalue weighted by Gasteiger charge is 2.22. The maximum atomic E-state index is 13.7. The summed E-state index contributed by atoms with van der Waals surface area (Å²) in [6, 6.07) is 8.60. The molecular formula is C13H12ClFN2O2S. The molecule has 2 aromatic rings. The van der Waals surface area contributed by atoms with Crippen LogP contribution >= 0.6 is 11.6 Å². The lowest BCUT2D eigenvalue weighted by Gasteiger charge is -2.13. The Morgan fingerprint density at radius 2 is 1.85 bits per heavy atom. The number of anilines is 2. The average molecular weight is 315 g/mol. The van der Waals surface area contributed by atoms with Crippen molar-refractivity contribution in [3.63, 3.8) is 0 Å². The zero-order chi connectivity index (χ0) is 14.9. The van der Waals surface area contributed by atoms with Gasteiger partial charge in [-0.15, -0.1) is 0 Å². The number of hydrogen-bond donors (Lipinski definition) is 2. The topological polar surface area (TPSA) is 72.2 Å². The molecule has 3 N–H and O–H groups in total. The Morgan fingerprint density at radius 3 is 2.45 bits per heavy atom. The molecule has 0 saturated carbocycles. The summed E-state index contributed by atoms with van der Waals surface area (Å²) in [6.07, 6.45) is 0. The Hall–Kier alpha value is -1.79. The van der Waals surface area contributed by atoms with Crippen LogP contribution in [0.5, 0.6) is 0 Å². The van der Waals surface area contributed by atoms with Gasteiger partial charge in [0.1, 0.15) is 16.4 Å². The molecule has 2 aromatic carbocycles. The molecule has 0 bridgehead atoms. The van der Waals surface area contributed by atoms with Crippen molar-refractivity contribution in [1.82, 2.24) is 0 Å². The van der Waals surface area contributed by atoms with E-state index in [9.17, 15) is 12.8 Å². The number of halogens is 2. The third kappa shape index (κ3) is 2.71. The molecule has 2 rings (SSSR count). The summed E-state index contributed by atoms with van der Waals surface area (Å²) in [7, 11) is -4.02. The van der Waals surface area contributed by atoms with Crippen molar-refractivity contribution in [2.75, 3.05) is 10.5 Å². The number of nitrogen functional groups attached to an aromatic ring is 1. The van der Waals surface area contributed by atoms with Gasteiger partial charge in [-0.25, -0.2) is 12.8 Å². The number of sulfonamides is 1. The van der Waals surface area contributed by atoms with Crippen LogP contribution in [0.25, 0.3) is 0 Å². The van der Waals surface area contributed by atoms with Crippen LogP contribution in [0.3, 0.4) is 0 Å². The van der Waals surface area contributed by atoms with E-state index < -0.39 is 15.8 Å². The maximum absolute atomic E-state index is 13.7. The van der Waals surface area contributed by atoms with Gasteiger partial charge in [-0.1, -0.05) is 29.8 Å². The largest absolute Gasteiger partial charge is 0.398 e. The number of nitrogens with one attached hydrogen (secondary N) is 1. The van der Waals surface area contributed by atoms with Gasteiger partial charge in [0.15, 0.2) is 0 Å². The van der Waals surface area contributed by atoms with Crippen molar-refractivity contribution in [3.05, 3.63) is 52.8 Å². The predicted octanol–water partition coefficient (Wildman–Crippen LogP) is 3.17. The summed E-state index contributed by atoms with van der Waals surface area (Å²) in [5.41, 5.74) is 5.95. The Morgan fingerprint density at radius 1 is 1.20 bits per heavy atom. The van der Waals surface area contributed by atoms with Gasteiger partial charge in [-0.3, -0.25) is 4.72 Å². The van der Waals surface area contributed by atoms with Gasteiger partial charge in [0.2, 0.25) is 0 Å². The van der Waals surface area contributed by atoms with Crippen molar-refractivity contribution in [2.45, 2.75) is 11.8 Å². The highest BCUT2D eigenvalue weighted by Crippen LogP contribution is 2.30. The molecule has 0 radical (unpaired) electrons. The zero-order valence-electron chi connectivity index (χ0n) is 10.5. The van der Waals surface area contributed by atoms with Crippen LogP contribution < -0.4 is 10.5 Å². The van der Waals surface area contributed by atoms with E-state index in [0.29, 0.717) is 5.56 Å². The molecule has 0 aliphatic rings. The molecule has 7 heteroatoms. The van der Waals surface area contributed by atoms with E-state index in [4.69, 9.17) is 17.3 Å². The molecule has 0 spiro atoms. The first-order valence-corrected chi connectivity index (χ1v) is 7.51. The molecular weight excluding hydrogens is 303 g/mol. The van der Waals surface area contributed by atoms with Gasteiger partial charge < -0.3 is 5.73 Å². The van der Waals surface area contributed by atoms with Crippen LogP contribution in [-0.2, 0) is 10.0 Å². The SMILES string of the molecule is Cc1cccc(N)c1S(=O)(=O)Nc1c(F)cccc1Cl. The number of aryl methyl sites for hydroxylation is 1. The maximum Gasteiger partial charge on any atom is 0.264 e. The van der Waals surface area contributed by atoms with Crippen LogP contribution in [-0.4, -0.2) is 8.42 Å². The van der Waals surface area contributed by atoms with E-state index >= 15 is 0 Å². The summed E-state index contributed by atoms with van der Waals surface area (Å²) in [6.45, 7) is 1.61. The van der Waals surface area contributed by atoms with Gasteiger partial charge in [0, 0.05) is 0 Å². The highest BCUT2D eigenvalue weighted by atomic mass is 35.5. The molecule has 0 fully saturated rings. The smallest absolute Gasteiger partial charge is 0.264 e. The molecule has 0 saturated heterocycles. The molecule has 0 unspecified atom stereocenters. The van der Waals surface area contributed by atoms with Gasteiger partial charge in [-0.05, 0) is 30.7 Å². The van der Waals surface area contributed by atoms with Gasteiger partial charge in [0.25, 0.3) is 10.0 Å². The normalized spacial score (nSPS) is 11.3. The number of benzene rings is 2. The Bertz CT molecular complexity index is 722. The molecule has 4 nitrogen and oxygen atoms in total. The summed E-state index contributed by atoms with van der Waals surface area (Å²) in [5, 5.41) is -0.0271. The molecule has 0 atom stereocenters. The van der Waals surface area contributed by atoms with Crippen LogP contribution in [0.15, 0.2) is 41.3 Å². The minimum Gasteiger partial charge on any atom is -0.398 e.